The summed E-state index contributed by atoms with van der Waals surface area (Å²) in [7, 11) is 10.3. The standard InChI is InChI=1S/C22H27NO5/c1-23-13-22(28-6)16(9-14-7-8-18(24-2)19(10-14)25-3)15-11-20(26-4)21(27-5)12-17(15)23/h7-8,10-12H,9,13H2,1-6H3. The van der Waals surface area contributed by atoms with Gasteiger partial charge >= 0.3 is 0 Å². The topological polar surface area (TPSA) is 49.4 Å². The van der Waals surface area contributed by atoms with Crippen LogP contribution in [0.1, 0.15) is 11.1 Å². The zero-order chi connectivity index (χ0) is 20.3. The first-order chi connectivity index (χ1) is 13.6. The molecule has 0 aromatic heterocycles. The van der Waals surface area contributed by atoms with Gasteiger partial charge in [-0.2, -0.15) is 0 Å². The third-order valence-electron chi connectivity index (χ3n) is 5.03. The van der Waals surface area contributed by atoms with Gasteiger partial charge in [-0.25, -0.2) is 0 Å². The first kappa shape index (κ1) is 19.7. The number of allylic oxidation sites excluding steroid dienone is 1. The van der Waals surface area contributed by atoms with Gasteiger partial charge in [-0.05, 0) is 23.8 Å². The van der Waals surface area contributed by atoms with Crippen LogP contribution in [0.25, 0.3) is 5.57 Å². The summed E-state index contributed by atoms with van der Waals surface area (Å²) in [5, 5.41) is 0. The molecule has 6 nitrogen and oxygen atoms in total. The molecule has 0 bridgehead atoms. The molecule has 0 saturated heterocycles. The van der Waals surface area contributed by atoms with E-state index in [0.29, 0.717) is 36.0 Å². The molecule has 0 aliphatic carbocycles. The fourth-order valence-electron chi connectivity index (χ4n) is 3.55. The Hall–Kier alpha value is -3.02. The maximum absolute atomic E-state index is 5.74. The zero-order valence-electron chi connectivity index (χ0n) is 17.3. The monoisotopic (exact) mass is 385 g/mol. The van der Waals surface area contributed by atoms with E-state index in [-0.39, 0.29) is 0 Å². The van der Waals surface area contributed by atoms with Gasteiger partial charge in [0.15, 0.2) is 23.0 Å². The molecule has 0 amide bonds. The second-order valence-corrected chi connectivity index (χ2v) is 6.55. The number of methoxy groups -OCH3 is 5. The van der Waals surface area contributed by atoms with Crippen molar-refractivity contribution in [3.05, 3.63) is 47.2 Å². The molecule has 0 atom stereocenters. The highest BCUT2D eigenvalue weighted by Gasteiger charge is 2.26. The maximum atomic E-state index is 5.74. The van der Waals surface area contributed by atoms with Gasteiger partial charge in [0.25, 0.3) is 0 Å². The number of hydrogen-bond donors (Lipinski definition) is 0. The van der Waals surface area contributed by atoms with Crippen LogP contribution in [0.2, 0.25) is 0 Å². The molecule has 0 spiro atoms. The van der Waals surface area contributed by atoms with Crippen molar-refractivity contribution in [1.29, 1.82) is 0 Å². The number of benzene rings is 2. The van der Waals surface area contributed by atoms with Crippen LogP contribution in [0.3, 0.4) is 0 Å². The predicted molar refractivity (Wildman–Crippen MR) is 110 cm³/mol. The quantitative estimate of drug-likeness (QED) is 0.723. The third kappa shape index (κ3) is 3.54. The summed E-state index contributed by atoms with van der Waals surface area (Å²) in [6.07, 6.45) is 0.694. The van der Waals surface area contributed by atoms with Crippen molar-refractivity contribution in [2.45, 2.75) is 6.42 Å². The van der Waals surface area contributed by atoms with E-state index in [2.05, 4.69) is 4.90 Å². The number of hydrogen-bond acceptors (Lipinski definition) is 6. The molecule has 6 heteroatoms. The minimum absolute atomic E-state index is 0.682. The molecule has 1 aliphatic heterocycles. The van der Waals surface area contributed by atoms with E-state index in [0.717, 1.165) is 28.1 Å². The first-order valence-corrected chi connectivity index (χ1v) is 9.00. The Morgan fingerprint density at radius 1 is 0.750 bits per heavy atom. The van der Waals surface area contributed by atoms with E-state index in [4.69, 9.17) is 23.7 Å². The molecule has 0 saturated carbocycles. The van der Waals surface area contributed by atoms with Gasteiger partial charge in [0.05, 0.1) is 42.1 Å². The molecule has 0 N–H and O–H groups in total. The number of fused-ring (bicyclic) bond motifs is 1. The van der Waals surface area contributed by atoms with Gasteiger partial charge in [0.1, 0.15) is 5.76 Å². The summed E-state index contributed by atoms with van der Waals surface area (Å²) in [4.78, 5) is 2.15. The Kier molecular flexibility index (Phi) is 5.87. The second kappa shape index (κ2) is 8.33. The average molecular weight is 385 g/mol. The third-order valence-corrected chi connectivity index (χ3v) is 5.03. The summed E-state index contributed by atoms with van der Waals surface area (Å²) in [5.74, 6) is 3.75. The summed E-state index contributed by atoms with van der Waals surface area (Å²) >= 11 is 0. The Morgan fingerprint density at radius 2 is 1.36 bits per heavy atom. The van der Waals surface area contributed by atoms with Crippen molar-refractivity contribution in [1.82, 2.24) is 0 Å². The van der Waals surface area contributed by atoms with Crippen LogP contribution in [-0.4, -0.2) is 49.1 Å². The fraction of sp³-hybridized carbons (Fsp3) is 0.364. The van der Waals surface area contributed by atoms with E-state index in [1.54, 1.807) is 35.5 Å². The normalized spacial score (nSPS) is 13.1. The van der Waals surface area contributed by atoms with Gasteiger partial charge in [0, 0.05) is 36.4 Å². The summed E-state index contributed by atoms with van der Waals surface area (Å²) < 4.78 is 27.6. The molecule has 1 heterocycles. The largest absolute Gasteiger partial charge is 0.499 e. The minimum Gasteiger partial charge on any atom is -0.499 e. The van der Waals surface area contributed by atoms with Crippen LogP contribution < -0.4 is 23.8 Å². The molecule has 1 aliphatic rings. The Labute approximate surface area is 166 Å². The predicted octanol–water partition coefficient (Wildman–Crippen LogP) is 3.77. The lowest BCUT2D eigenvalue weighted by Gasteiger charge is -2.32. The molecular formula is C22H27NO5. The molecular weight excluding hydrogens is 358 g/mol. The van der Waals surface area contributed by atoms with Crippen LogP contribution >= 0.6 is 0 Å². The molecule has 28 heavy (non-hydrogen) atoms. The van der Waals surface area contributed by atoms with Crippen molar-refractivity contribution in [2.75, 3.05) is 54.0 Å². The van der Waals surface area contributed by atoms with E-state index in [1.165, 1.54) is 0 Å². The van der Waals surface area contributed by atoms with E-state index in [1.807, 2.05) is 37.4 Å². The highest BCUT2D eigenvalue weighted by molar-refractivity contribution is 5.85. The van der Waals surface area contributed by atoms with Crippen molar-refractivity contribution in [3.63, 3.8) is 0 Å². The van der Waals surface area contributed by atoms with E-state index in [9.17, 15) is 0 Å². The molecule has 3 rings (SSSR count). The average Bonchev–Trinajstić information content (AvgIpc) is 2.74. The van der Waals surface area contributed by atoms with Gasteiger partial charge in [-0.1, -0.05) is 6.07 Å². The van der Waals surface area contributed by atoms with Crippen molar-refractivity contribution in [2.24, 2.45) is 0 Å². The number of likely N-dealkylation sites (N-methyl/N-ethyl adjacent to an activating group) is 1. The number of anilines is 1. The number of nitrogens with zero attached hydrogens (tertiary/aromatic N) is 1. The van der Waals surface area contributed by atoms with Gasteiger partial charge in [0.2, 0.25) is 0 Å². The first-order valence-electron chi connectivity index (χ1n) is 9.00. The van der Waals surface area contributed by atoms with E-state index >= 15 is 0 Å². The SMILES string of the molecule is COC1=C(Cc2ccc(OC)c(OC)c2)c2cc(OC)c(OC)cc2N(C)C1. The molecule has 0 radical (unpaired) electrons. The van der Waals surface area contributed by atoms with Crippen LogP contribution in [0.4, 0.5) is 5.69 Å². The molecule has 2 aromatic rings. The van der Waals surface area contributed by atoms with Crippen LogP contribution in [-0.2, 0) is 11.2 Å². The molecule has 0 unspecified atom stereocenters. The second-order valence-electron chi connectivity index (χ2n) is 6.55. The number of ether oxygens (including phenoxy) is 5. The highest BCUT2D eigenvalue weighted by atomic mass is 16.5. The van der Waals surface area contributed by atoms with Crippen LogP contribution in [0.5, 0.6) is 23.0 Å². The maximum Gasteiger partial charge on any atom is 0.162 e. The molecule has 2 aromatic carbocycles. The van der Waals surface area contributed by atoms with Gasteiger partial charge in [-0.15, -0.1) is 0 Å². The van der Waals surface area contributed by atoms with Crippen LogP contribution in [0.15, 0.2) is 36.1 Å². The lowest BCUT2D eigenvalue weighted by atomic mass is 9.92. The van der Waals surface area contributed by atoms with Gasteiger partial charge < -0.3 is 28.6 Å². The molecule has 150 valence electrons. The lowest BCUT2D eigenvalue weighted by molar-refractivity contribution is 0.286. The van der Waals surface area contributed by atoms with Gasteiger partial charge in [-0.3, -0.25) is 0 Å². The Morgan fingerprint density at radius 3 is 1.96 bits per heavy atom. The number of rotatable bonds is 7. The smallest absolute Gasteiger partial charge is 0.162 e. The minimum atomic E-state index is 0.682. The zero-order valence-corrected chi connectivity index (χ0v) is 17.3. The Balaban J connectivity index is 2.09. The Bertz CT molecular complexity index is 891. The van der Waals surface area contributed by atoms with Crippen molar-refractivity contribution < 1.29 is 23.7 Å². The fourth-order valence-corrected chi connectivity index (χ4v) is 3.55. The van der Waals surface area contributed by atoms with Crippen LogP contribution in [0, 0.1) is 0 Å². The summed E-state index contributed by atoms with van der Waals surface area (Å²) in [5.41, 5.74) is 4.36. The van der Waals surface area contributed by atoms with Crippen molar-refractivity contribution in [3.8, 4) is 23.0 Å². The van der Waals surface area contributed by atoms with Crippen molar-refractivity contribution >= 4 is 11.3 Å². The highest BCUT2D eigenvalue weighted by Crippen LogP contribution is 2.43. The summed E-state index contributed by atoms with van der Waals surface area (Å²) in [6, 6.07) is 9.98. The van der Waals surface area contributed by atoms with E-state index < -0.39 is 0 Å². The summed E-state index contributed by atoms with van der Waals surface area (Å²) in [6.45, 7) is 0.682. The molecule has 0 fully saturated rings. The lowest BCUT2D eigenvalue weighted by Crippen LogP contribution is -2.27.